The molecule has 0 aliphatic heterocycles. The van der Waals surface area contributed by atoms with E-state index in [9.17, 15) is 27.6 Å². The Kier molecular flexibility index (Phi) is 6.69. The van der Waals surface area contributed by atoms with Gasteiger partial charge in [0.15, 0.2) is 11.6 Å². The summed E-state index contributed by atoms with van der Waals surface area (Å²) in [4.78, 5) is 40.6. The number of Topliss-reactive ketones (excluding diaryl/α,β-unsaturated/α-hetero) is 1. The molecule has 0 saturated heterocycles. The molecule has 4 rings (SSSR count). The Morgan fingerprint density at radius 3 is 2.28 bits per heavy atom. The predicted molar refractivity (Wildman–Crippen MR) is 122 cm³/mol. The lowest BCUT2D eigenvalue weighted by atomic mass is 10.2. The molecular formula is C21H14Cl2F3N7O3. The van der Waals surface area contributed by atoms with E-state index in [0.717, 1.165) is 9.36 Å². The van der Waals surface area contributed by atoms with Gasteiger partial charge in [-0.25, -0.2) is 19.1 Å². The van der Waals surface area contributed by atoms with Crippen LogP contribution < -0.4 is 11.4 Å². The van der Waals surface area contributed by atoms with Crippen molar-refractivity contribution in [1.29, 1.82) is 0 Å². The highest BCUT2D eigenvalue weighted by Crippen LogP contribution is 2.23. The normalized spacial score (nSPS) is 11.6. The molecule has 2 heterocycles. The van der Waals surface area contributed by atoms with E-state index in [1.807, 2.05) is 0 Å². The Labute approximate surface area is 209 Å². The largest absolute Gasteiger partial charge is 0.451 e. The van der Waals surface area contributed by atoms with E-state index in [4.69, 9.17) is 28.9 Å². The fraction of sp³-hybridized carbons (Fsp3) is 0.143. The Bertz CT molecular complexity index is 1520. The maximum Gasteiger partial charge on any atom is 0.451 e. The Morgan fingerprint density at radius 1 is 1.00 bits per heavy atom. The van der Waals surface area contributed by atoms with Gasteiger partial charge in [-0.05, 0) is 36.4 Å². The van der Waals surface area contributed by atoms with E-state index >= 15 is 0 Å². The molecule has 36 heavy (non-hydrogen) atoms. The lowest BCUT2D eigenvalue weighted by Gasteiger charge is -2.07. The maximum absolute atomic E-state index is 13.0. The molecule has 4 aromatic rings. The number of hydrogen-bond donors (Lipinski definition) is 1. The summed E-state index contributed by atoms with van der Waals surface area (Å²) in [6.45, 7) is -1.75. The van der Waals surface area contributed by atoms with Gasteiger partial charge in [0, 0.05) is 10.6 Å². The van der Waals surface area contributed by atoms with Crippen molar-refractivity contribution in [2.24, 2.45) is 5.73 Å². The highest BCUT2D eigenvalue weighted by Gasteiger charge is 2.39. The van der Waals surface area contributed by atoms with Crippen LogP contribution in [0.15, 0.2) is 53.3 Å². The van der Waals surface area contributed by atoms with Crippen LogP contribution in [0.3, 0.4) is 0 Å². The summed E-state index contributed by atoms with van der Waals surface area (Å²) in [6.07, 6.45) is -5.16. The van der Waals surface area contributed by atoms with Crippen molar-refractivity contribution >= 4 is 34.9 Å². The molecule has 186 valence electrons. The van der Waals surface area contributed by atoms with Gasteiger partial charge in [0.2, 0.25) is 5.82 Å². The number of ketones is 1. The minimum Gasteiger partial charge on any atom is -0.363 e. The number of nitrogens with zero attached hydrogens (tertiary/aromatic N) is 6. The summed E-state index contributed by atoms with van der Waals surface area (Å²) in [5.41, 5.74) is 4.88. The Balaban J connectivity index is 1.79. The van der Waals surface area contributed by atoms with Crippen LogP contribution in [0.1, 0.15) is 16.4 Å². The molecule has 15 heteroatoms. The SMILES string of the molecule is NC(=O)c1nc(Cn2nc(-c3ccc(Cl)cc3)n(CC(=O)C(F)(F)F)c2=O)nn1-c1ccccc1Cl. The molecule has 0 aliphatic rings. The molecule has 0 unspecified atom stereocenters. The van der Waals surface area contributed by atoms with E-state index in [-0.39, 0.29) is 33.7 Å². The van der Waals surface area contributed by atoms with Crippen molar-refractivity contribution in [3.63, 3.8) is 0 Å². The number of alkyl halides is 3. The minimum atomic E-state index is -5.16. The summed E-state index contributed by atoms with van der Waals surface area (Å²) in [5.74, 6) is -3.70. The van der Waals surface area contributed by atoms with Crippen molar-refractivity contribution in [3.8, 4) is 17.1 Å². The number of amides is 1. The third-order valence-corrected chi connectivity index (χ3v) is 5.46. The first-order chi connectivity index (χ1) is 17.0. The van der Waals surface area contributed by atoms with Crippen molar-refractivity contribution in [2.45, 2.75) is 19.3 Å². The van der Waals surface area contributed by atoms with Crippen LogP contribution in [0.2, 0.25) is 10.0 Å². The molecule has 2 N–H and O–H groups in total. The first-order valence-electron chi connectivity index (χ1n) is 10.00. The molecule has 0 bridgehead atoms. The third kappa shape index (κ3) is 5.02. The van der Waals surface area contributed by atoms with E-state index in [1.54, 1.807) is 24.3 Å². The highest BCUT2D eigenvalue weighted by atomic mass is 35.5. The molecule has 0 radical (unpaired) electrons. The minimum absolute atomic E-state index is 0.111. The average Bonchev–Trinajstić information content (AvgIpc) is 3.36. The summed E-state index contributed by atoms with van der Waals surface area (Å²) < 4.78 is 41.2. The second-order valence-electron chi connectivity index (χ2n) is 7.36. The van der Waals surface area contributed by atoms with E-state index in [0.29, 0.717) is 9.59 Å². The fourth-order valence-electron chi connectivity index (χ4n) is 3.24. The molecule has 2 aromatic carbocycles. The van der Waals surface area contributed by atoms with Crippen molar-refractivity contribution in [3.05, 3.63) is 80.7 Å². The number of primary amides is 1. The van der Waals surface area contributed by atoms with Crippen LogP contribution in [0.25, 0.3) is 17.1 Å². The lowest BCUT2D eigenvalue weighted by Crippen LogP contribution is -2.33. The van der Waals surface area contributed by atoms with Crippen LogP contribution in [-0.4, -0.2) is 47.0 Å². The zero-order valence-corrected chi connectivity index (χ0v) is 19.4. The number of benzene rings is 2. The molecule has 0 aliphatic carbocycles. The van der Waals surface area contributed by atoms with Gasteiger partial charge in [-0.2, -0.15) is 13.2 Å². The molecule has 0 fully saturated rings. The van der Waals surface area contributed by atoms with E-state index in [1.165, 1.54) is 24.3 Å². The van der Waals surface area contributed by atoms with Gasteiger partial charge < -0.3 is 5.73 Å². The Hall–Kier alpha value is -3.97. The summed E-state index contributed by atoms with van der Waals surface area (Å²) in [5, 5.41) is 8.83. The van der Waals surface area contributed by atoms with Crippen molar-refractivity contribution < 1.29 is 22.8 Å². The first-order valence-corrected chi connectivity index (χ1v) is 10.8. The van der Waals surface area contributed by atoms with Crippen molar-refractivity contribution in [2.75, 3.05) is 0 Å². The summed E-state index contributed by atoms with van der Waals surface area (Å²) in [6, 6.07) is 12.1. The zero-order valence-electron chi connectivity index (χ0n) is 17.9. The molecule has 0 atom stereocenters. The van der Waals surface area contributed by atoms with Crippen LogP contribution in [0, 0.1) is 0 Å². The van der Waals surface area contributed by atoms with Gasteiger partial charge in [0.25, 0.3) is 11.7 Å². The second kappa shape index (κ2) is 9.59. The van der Waals surface area contributed by atoms with Gasteiger partial charge in [0.05, 0.1) is 17.3 Å². The molecule has 1 amide bonds. The molecule has 2 aromatic heterocycles. The summed E-state index contributed by atoms with van der Waals surface area (Å²) >= 11 is 12.0. The fourth-order valence-corrected chi connectivity index (χ4v) is 3.58. The lowest BCUT2D eigenvalue weighted by molar-refractivity contribution is -0.171. The first kappa shape index (κ1) is 25.1. The van der Waals surface area contributed by atoms with E-state index in [2.05, 4.69) is 15.2 Å². The summed E-state index contributed by atoms with van der Waals surface area (Å²) in [7, 11) is 0. The zero-order chi connectivity index (χ0) is 26.2. The number of carbonyl (C=O) groups is 2. The number of carbonyl (C=O) groups excluding carboxylic acids is 2. The van der Waals surface area contributed by atoms with Crippen LogP contribution in [0.4, 0.5) is 13.2 Å². The molecule has 0 spiro atoms. The Morgan fingerprint density at radius 2 is 1.67 bits per heavy atom. The van der Waals surface area contributed by atoms with Gasteiger partial charge >= 0.3 is 11.9 Å². The van der Waals surface area contributed by atoms with Crippen molar-refractivity contribution in [1.82, 2.24) is 29.1 Å². The number of nitrogens with two attached hydrogens (primary N) is 1. The second-order valence-corrected chi connectivity index (χ2v) is 8.20. The van der Waals surface area contributed by atoms with Gasteiger partial charge in [-0.1, -0.05) is 35.3 Å². The number of aromatic nitrogens is 6. The van der Waals surface area contributed by atoms with Gasteiger partial charge in [-0.15, -0.1) is 10.2 Å². The number of hydrogen-bond acceptors (Lipinski definition) is 6. The predicted octanol–water partition coefficient (Wildman–Crippen LogP) is 2.88. The molecule has 10 nitrogen and oxygen atoms in total. The topological polar surface area (TPSA) is 131 Å². The highest BCUT2D eigenvalue weighted by molar-refractivity contribution is 6.32. The van der Waals surface area contributed by atoms with Crippen LogP contribution in [-0.2, 0) is 17.9 Å². The van der Waals surface area contributed by atoms with Crippen LogP contribution in [0.5, 0.6) is 0 Å². The smallest absolute Gasteiger partial charge is 0.363 e. The molecule has 0 saturated carbocycles. The van der Waals surface area contributed by atoms with Crippen LogP contribution >= 0.6 is 23.2 Å². The quantitative estimate of drug-likeness (QED) is 0.384. The number of halogens is 5. The average molecular weight is 540 g/mol. The maximum atomic E-state index is 13.0. The number of para-hydroxylation sites is 1. The number of rotatable bonds is 7. The standard InChI is InChI=1S/C21H14Cl2F3N7O3/c22-12-7-5-11(6-8-12)18-30-32(20(36)31(18)9-15(34)21(24,25)26)10-16-28-19(17(27)35)33(29-16)14-4-2-1-3-13(14)23/h1-8H,9-10H2,(H2,27,35). The van der Waals surface area contributed by atoms with Gasteiger partial charge in [0.1, 0.15) is 6.54 Å². The van der Waals surface area contributed by atoms with Gasteiger partial charge in [-0.3, -0.25) is 14.2 Å². The molecular weight excluding hydrogens is 526 g/mol. The van der Waals surface area contributed by atoms with E-state index < -0.39 is 36.6 Å². The third-order valence-electron chi connectivity index (χ3n) is 4.89. The monoisotopic (exact) mass is 539 g/mol.